The largest absolute Gasteiger partial charge is 0.497 e. The Balaban J connectivity index is 1.56. The third-order valence-corrected chi connectivity index (χ3v) is 6.34. The monoisotopic (exact) mass is 462 g/mol. The highest BCUT2D eigenvalue weighted by atomic mass is 35.5. The number of aryl methyl sites for hydroxylation is 1. The molecule has 6 heteroatoms. The first-order valence-corrected chi connectivity index (χ1v) is 11.4. The molecule has 1 saturated heterocycles. The normalized spacial score (nSPS) is 18.0. The van der Waals surface area contributed by atoms with E-state index in [2.05, 4.69) is 17.4 Å². The maximum Gasteiger partial charge on any atom is 0.254 e. The summed E-state index contributed by atoms with van der Waals surface area (Å²) in [6, 6.07) is 22.3. The van der Waals surface area contributed by atoms with Crippen LogP contribution in [0.5, 0.6) is 5.75 Å². The van der Waals surface area contributed by atoms with E-state index in [0.29, 0.717) is 35.7 Å². The van der Waals surface area contributed by atoms with E-state index in [1.807, 2.05) is 36.1 Å². The molecule has 0 unspecified atom stereocenters. The highest BCUT2D eigenvalue weighted by Gasteiger charge is 2.36. The van der Waals surface area contributed by atoms with Crippen LogP contribution in [0.3, 0.4) is 0 Å². The topological polar surface area (TPSA) is 58.6 Å². The minimum absolute atomic E-state index is 0.0851. The Hall–Kier alpha value is -3.31. The summed E-state index contributed by atoms with van der Waals surface area (Å²) in [5.74, 6) is 0.243. The fraction of sp³-hybridized carbons (Fsp3) is 0.259. The van der Waals surface area contributed by atoms with Gasteiger partial charge in [-0.05, 0) is 73.9 Å². The van der Waals surface area contributed by atoms with Gasteiger partial charge in [-0.15, -0.1) is 0 Å². The van der Waals surface area contributed by atoms with Crippen LogP contribution in [-0.2, 0) is 4.79 Å². The Labute approximate surface area is 199 Å². The molecule has 1 fully saturated rings. The number of nitrogens with one attached hydrogen (secondary N) is 1. The molecule has 3 aromatic rings. The number of anilines is 1. The zero-order valence-electron chi connectivity index (χ0n) is 18.8. The van der Waals surface area contributed by atoms with Gasteiger partial charge < -0.3 is 15.0 Å². The number of benzene rings is 3. The van der Waals surface area contributed by atoms with Crippen molar-refractivity contribution < 1.29 is 14.3 Å². The van der Waals surface area contributed by atoms with Crippen LogP contribution in [0.2, 0.25) is 5.02 Å². The van der Waals surface area contributed by atoms with Crippen molar-refractivity contribution in [2.24, 2.45) is 5.92 Å². The Kier molecular flexibility index (Phi) is 6.99. The SMILES string of the molecule is COc1ccc(NC(=O)[C@H]2CC[C@H](c3cccc(C)c3)N(C(=O)c3ccc(Cl)cc3)C2)cc1. The van der Waals surface area contributed by atoms with Crippen LogP contribution in [0.15, 0.2) is 72.8 Å². The molecule has 0 bridgehead atoms. The van der Waals surface area contributed by atoms with Crippen molar-refractivity contribution in [3.05, 3.63) is 94.5 Å². The predicted octanol–water partition coefficient (Wildman–Crippen LogP) is 5.89. The molecular formula is C27H27ClN2O3. The first-order valence-electron chi connectivity index (χ1n) is 11.0. The number of hydrogen-bond acceptors (Lipinski definition) is 3. The molecule has 3 aromatic carbocycles. The number of amides is 2. The van der Waals surface area contributed by atoms with Crippen molar-refractivity contribution in [2.75, 3.05) is 19.0 Å². The molecule has 1 aliphatic heterocycles. The van der Waals surface area contributed by atoms with Crippen molar-refractivity contribution in [1.82, 2.24) is 4.90 Å². The quantitative estimate of drug-likeness (QED) is 0.514. The lowest BCUT2D eigenvalue weighted by Gasteiger charge is -2.39. The number of methoxy groups -OCH3 is 1. The molecule has 33 heavy (non-hydrogen) atoms. The molecule has 0 saturated carbocycles. The van der Waals surface area contributed by atoms with Crippen molar-refractivity contribution in [3.63, 3.8) is 0 Å². The maximum absolute atomic E-state index is 13.5. The molecule has 0 spiro atoms. The van der Waals surface area contributed by atoms with Crippen LogP contribution < -0.4 is 10.1 Å². The standard InChI is InChI=1S/C27H27ClN2O3/c1-18-4-3-5-20(16-18)25-15-8-21(26(31)29-23-11-13-24(33-2)14-12-23)17-30(25)27(32)19-6-9-22(28)10-7-19/h3-7,9-14,16,21,25H,8,15,17H2,1-2H3,(H,29,31)/t21-,25+/m0/s1. The number of halogens is 1. The zero-order chi connectivity index (χ0) is 23.4. The van der Waals surface area contributed by atoms with E-state index in [0.717, 1.165) is 16.9 Å². The smallest absolute Gasteiger partial charge is 0.254 e. The molecule has 5 nitrogen and oxygen atoms in total. The lowest BCUT2D eigenvalue weighted by atomic mass is 9.87. The van der Waals surface area contributed by atoms with Crippen molar-refractivity contribution in [2.45, 2.75) is 25.8 Å². The Morgan fingerprint density at radius 3 is 2.39 bits per heavy atom. The van der Waals surface area contributed by atoms with Gasteiger partial charge in [0.1, 0.15) is 5.75 Å². The summed E-state index contributed by atoms with van der Waals surface area (Å²) in [4.78, 5) is 28.4. The highest BCUT2D eigenvalue weighted by molar-refractivity contribution is 6.30. The number of rotatable bonds is 5. The molecule has 2 amide bonds. The number of carbonyl (C=O) groups excluding carboxylic acids is 2. The van der Waals surface area contributed by atoms with Crippen LogP contribution in [0, 0.1) is 12.8 Å². The summed E-state index contributed by atoms with van der Waals surface area (Å²) in [6.45, 7) is 2.39. The molecule has 2 atom stereocenters. The lowest BCUT2D eigenvalue weighted by Crippen LogP contribution is -2.45. The fourth-order valence-corrected chi connectivity index (χ4v) is 4.44. The van der Waals surface area contributed by atoms with Crippen molar-refractivity contribution in [3.8, 4) is 5.75 Å². The first kappa shape index (κ1) is 22.9. The van der Waals surface area contributed by atoms with Gasteiger partial charge >= 0.3 is 0 Å². The van der Waals surface area contributed by atoms with Gasteiger partial charge in [-0.25, -0.2) is 0 Å². The van der Waals surface area contributed by atoms with E-state index in [-0.39, 0.29) is 23.8 Å². The van der Waals surface area contributed by atoms with Gasteiger partial charge in [-0.3, -0.25) is 9.59 Å². The van der Waals surface area contributed by atoms with Gasteiger partial charge in [-0.1, -0.05) is 41.4 Å². The summed E-state index contributed by atoms with van der Waals surface area (Å²) in [5, 5.41) is 3.56. The number of nitrogens with zero attached hydrogens (tertiary/aromatic N) is 1. The molecular weight excluding hydrogens is 436 g/mol. The van der Waals surface area contributed by atoms with Crippen LogP contribution in [0.4, 0.5) is 5.69 Å². The number of carbonyl (C=O) groups is 2. The number of ether oxygens (including phenoxy) is 1. The molecule has 1 aliphatic rings. The second-order valence-corrected chi connectivity index (χ2v) is 8.82. The van der Waals surface area contributed by atoms with Gasteiger partial charge in [0.15, 0.2) is 0 Å². The first-order chi connectivity index (χ1) is 15.9. The highest BCUT2D eigenvalue weighted by Crippen LogP contribution is 2.35. The maximum atomic E-state index is 13.5. The minimum Gasteiger partial charge on any atom is -0.497 e. The molecule has 0 radical (unpaired) electrons. The van der Waals surface area contributed by atoms with E-state index in [1.165, 1.54) is 0 Å². The Bertz CT molecular complexity index is 1130. The predicted molar refractivity (Wildman–Crippen MR) is 131 cm³/mol. The summed E-state index contributed by atoms with van der Waals surface area (Å²) in [5.41, 5.74) is 3.50. The van der Waals surface area contributed by atoms with Gasteiger partial charge in [-0.2, -0.15) is 0 Å². The third kappa shape index (κ3) is 5.37. The molecule has 0 aliphatic carbocycles. The zero-order valence-corrected chi connectivity index (χ0v) is 19.5. The average molecular weight is 463 g/mol. The summed E-state index contributed by atoms with van der Waals surface area (Å²) in [7, 11) is 1.60. The summed E-state index contributed by atoms with van der Waals surface area (Å²) in [6.07, 6.45) is 1.41. The van der Waals surface area contributed by atoms with Crippen LogP contribution in [0.1, 0.15) is 40.4 Å². The third-order valence-electron chi connectivity index (χ3n) is 6.09. The second-order valence-electron chi connectivity index (χ2n) is 8.39. The number of likely N-dealkylation sites (tertiary alicyclic amines) is 1. The van der Waals surface area contributed by atoms with Crippen LogP contribution >= 0.6 is 11.6 Å². The fourth-order valence-electron chi connectivity index (χ4n) is 4.31. The van der Waals surface area contributed by atoms with Crippen LogP contribution in [0.25, 0.3) is 0 Å². The average Bonchev–Trinajstić information content (AvgIpc) is 2.84. The molecule has 1 N–H and O–H groups in total. The van der Waals surface area contributed by atoms with Gasteiger partial charge in [0.05, 0.1) is 19.1 Å². The molecule has 4 rings (SSSR count). The van der Waals surface area contributed by atoms with Crippen molar-refractivity contribution >= 4 is 29.1 Å². The number of hydrogen-bond donors (Lipinski definition) is 1. The Morgan fingerprint density at radius 2 is 1.73 bits per heavy atom. The van der Waals surface area contributed by atoms with E-state index in [1.54, 1.807) is 43.5 Å². The molecule has 0 aromatic heterocycles. The van der Waals surface area contributed by atoms with Gasteiger partial charge in [0.25, 0.3) is 5.91 Å². The molecule has 1 heterocycles. The summed E-state index contributed by atoms with van der Waals surface area (Å²) < 4.78 is 5.18. The van der Waals surface area contributed by atoms with Crippen molar-refractivity contribution in [1.29, 1.82) is 0 Å². The van der Waals surface area contributed by atoms with Crippen LogP contribution in [-0.4, -0.2) is 30.4 Å². The van der Waals surface area contributed by atoms with Gasteiger partial charge in [0, 0.05) is 22.8 Å². The van der Waals surface area contributed by atoms with E-state index < -0.39 is 0 Å². The van der Waals surface area contributed by atoms with E-state index >= 15 is 0 Å². The molecule has 170 valence electrons. The summed E-state index contributed by atoms with van der Waals surface area (Å²) >= 11 is 6.02. The van der Waals surface area contributed by atoms with E-state index in [9.17, 15) is 9.59 Å². The second kappa shape index (κ2) is 10.1. The minimum atomic E-state index is -0.301. The van der Waals surface area contributed by atoms with E-state index in [4.69, 9.17) is 16.3 Å². The lowest BCUT2D eigenvalue weighted by molar-refractivity contribution is -0.121. The van der Waals surface area contributed by atoms with Gasteiger partial charge in [0.2, 0.25) is 5.91 Å². The number of piperidine rings is 1. The Morgan fingerprint density at radius 1 is 1.00 bits per heavy atom.